The lowest BCUT2D eigenvalue weighted by molar-refractivity contribution is 0.0465. The van der Waals surface area contributed by atoms with Crippen molar-refractivity contribution in [1.29, 1.82) is 0 Å². The number of carbonyl (C=O) groups is 1. The predicted octanol–water partition coefficient (Wildman–Crippen LogP) is 4.57. The van der Waals surface area contributed by atoms with Gasteiger partial charge in [-0.3, -0.25) is 0 Å². The molecule has 0 saturated carbocycles. The van der Waals surface area contributed by atoms with Crippen molar-refractivity contribution >= 4 is 28.5 Å². The van der Waals surface area contributed by atoms with Gasteiger partial charge >= 0.3 is 5.97 Å². The molecule has 122 valence electrons. The number of aromatic nitrogens is 1. The van der Waals surface area contributed by atoms with Crippen LogP contribution in [0.3, 0.4) is 0 Å². The van der Waals surface area contributed by atoms with E-state index in [1.807, 2.05) is 38.1 Å². The first-order valence-electron chi connectivity index (χ1n) is 7.48. The van der Waals surface area contributed by atoms with Gasteiger partial charge < -0.3 is 9.84 Å². The summed E-state index contributed by atoms with van der Waals surface area (Å²) < 4.78 is 5.29. The van der Waals surface area contributed by atoms with Crippen LogP contribution >= 0.6 is 11.6 Å². The summed E-state index contributed by atoms with van der Waals surface area (Å²) in [5.41, 5.74) is 3.17. The molecule has 3 rings (SSSR count). The van der Waals surface area contributed by atoms with Gasteiger partial charge in [-0.15, -0.1) is 0 Å². The molecule has 0 saturated heterocycles. The Morgan fingerprint density at radius 2 is 1.96 bits per heavy atom. The molecule has 0 amide bonds. The molecular formula is C19H16ClNO3. The van der Waals surface area contributed by atoms with Gasteiger partial charge in [-0.25, -0.2) is 9.78 Å². The van der Waals surface area contributed by atoms with Crippen molar-refractivity contribution in [2.45, 2.75) is 20.5 Å². The maximum Gasteiger partial charge on any atom is 0.342 e. The SMILES string of the molecule is Cc1ccc(O)c(C(=O)OCc2nc3ccccc3c(C)c2Cl)c1. The van der Waals surface area contributed by atoms with Crippen LogP contribution in [0.25, 0.3) is 10.9 Å². The number of para-hydroxylation sites is 1. The molecule has 3 aromatic rings. The van der Waals surface area contributed by atoms with Crippen LogP contribution in [-0.4, -0.2) is 16.1 Å². The van der Waals surface area contributed by atoms with E-state index in [0.717, 1.165) is 22.0 Å². The molecule has 1 N–H and O–H groups in total. The molecule has 5 heteroatoms. The second kappa shape index (κ2) is 6.49. The number of rotatable bonds is 3. The molecular weight excluding hydrogens is 326 g/mol. The highest BCUT2D eigenvalue weighted by atomic mass is 35.5. The van der Waals surface area contributed by atoms with E-state index in [1.54, 1.807) is 12.1 Å². The number of carbonyl (C=O) groups excluding carboxylic acids is 1. The number of fused-ring (bicyclic) bond motifs is 1. The van der Waals surface area contributed by atoms with Crippen molar-refractivity contribution in [2.24, 2.45) is 0 Å². The van der Waals surface area contributed by atoms with Crippen LogP contribution in [0.2, 0.25) is 5.02 Å². The Balaban J connectivity index is 1.87. The zero-order chi connectivity index (χ0) is 17.3. The fourth-order valence-corrected chi connectivity index (χ4v) is 2.74. The number of hydrogen-bond acceptors (Lipinski definition) is 4. The second-order valence-corrected chi connectivity index (χ2v) is 5.99. The van der Waals surface area contributed by atoms with Gasteiger partial charge in [0.2, 0.25) is 0 Å². The Morgan fingerprint density at radius 1 is 1.21 bits per heavy atom. The topological polar surface area (TPSA) is 59.4 Å². The monoisotopic (exact) mass is 341 g/mol. The molecule has 1 aromatic heterocycles. The second-order valence-electron chi connectivity index (χ2n) is 5.61. The highest BCUT2D eigenvalue weighted by Crippen LogP contribution is 2.28. The standard InChI is InChI=1S/C19H16ClNO3/c1-11-7-8-17(22)14(9-11)19(23)24-10-16-18(20)12(2)13-5-3-4-6-15(13)21-16/h3-9,22H,10H2,1-2H3. The predicted molar refractivity (Wildman–Crippen MR) is 93.5 cm³/mol. The first kappa shape index (κ1) is 16.3. The molecule has 1 heterocycles. The lowest BCUT2D eigenvalue weighted by Crippen LogP contribution is -2.08. The molecule has 24 heavy (non-hydrogen) atoms. The van der Waals surface area contributed by atoms with Crippen molar-refractivity contribution in [3.05, 3.63) is 69.9 Å². The Labute approximate surface area is 144 Å². The average molecular weight is 342 g/mol. The number of nitrogens with zero attached hydrogens (tertiary/aromatic N) is 1. The van der Waals surface area contributed by atoms with E-state index < -0.39 is 5.97 Å². The number of phenolic OH excluding ortho intramolecular Hbond substituents is 1. The highest BCUT2D eigenvalue weighted by molar-refractivity contribution is 6.32. The average Bonchev–Trinajstić information content (AvgIpc) is 2.58. The molecule has 0 unspecified atom stereocenters. The minimum absolute atomic E-state index is 0.0588. The van der Waals surface area contributed by atoms with E-state index in [1.165, 1.54) is 6.07 Å². The van der Waals surface area contributed by atoms with Crippen molar-refractivity contribution in [1.82, 2.24) is 4.98 Å². The van der Waals surface area contributed by atoms with Crippen molar-refractivity contribution in [3.63, 3.8) is 0 Å². The van der Waals surface area contributed by atoms with Gasteiger partial charge in [-0.2, -0.15) is 0 Å². The van der Waals surface area contributed by atoms with E-state index in [2.05, 4.69) is 4.98 Å². The normalized spacial score (nSPS) is 10.8. The van der Waals surface area contributed by atoms with Crippen LogP contribution in [0.4, 0.5) is 0 Å². The van der Waals surface area contributed by atoms with Crippen LogP contribution in [0.1, 0.15) is 27.2 Å². The maximum absolute atomic E-state index is 12.2. The van der Waals surface area contributed by atoms with Crippen LogP contribution < -0.4 is 0 Å². The lowest BCUT2D eigenvalue weighted by atomic mass is 10.1. The fourth-order valence-electron chi connectivity index (χ4n) is 2.54. The summed E-state index contributed by atoms with van der Waals surface area (Å²) in [4.78, 5) is 16.7. The van der Waals surface area contributed by atoms with E-state index in [-0.39, 0.29) is 17.9 Å². The number of hydrogen-bond donors (Lipinski definition) is 1. The molecule has 0 bridgehead atoms. The minimum atomic E-state index is -0.611. The third-order valence-electron chi connectivity index (χ3n) is 3.86. The summed E-state index contributed by atoms with van der Waals surface area (Å²) in [6, 6.07) is 12.4. The van der Waals surface area contributed by atoms with E-state index in [0.29, 0.717) is 10.7 Å². The Kier molecular flexibility index (Phi) is 4.40. The van der Waals surface area contributed by atoms with E-state index in [9.17, 15) is 9.90 Å². The largest absolute Gasteiger partial charge is 0.507 e. The Bertz CT molecular complexity index is 937. The van der Waals surface area contributed by atoms with Crippen molar-refractivity contribution in [2.75, 3.05) is 0 Å². The fraction of sp³-hybridized carbons (Fsp3) is 0.158. The van der Waals surface area contributed by atoms with Gasteiger partial charge in [0, 0.05) is 5.39 Å². The Hall–Kier alpha value is -2.59. The van der Waals surface area contributed by atoms with E-state index >= 15 is 0 Å². The van der Waals surface area contributed by atoms with Gasteiger partial charge in [0.1, 0.15) is 17.9 Å². The van der Waals surface area contributed by atoms with Gasteiger partial charge in [0.05, 0.1) is 16.2 Å². The number of benzene rings is 2. The molecule has 0 aliphatic rings. The lowest BCUT2D eigenvalue weighted by Gasteiger charge is -2.11. The molecule has 0 spiro atoms. The summed E-state index contributed by atoms with van der Waals surface area (Å²) in [7, 11) is 0. The summed E-state index contributed by atoms with van der Waals surface area (Å²) in [6.07, 6.45) is 0. The van der Waals surface area contributed by atoms with Crippen LogP contribution in [0, 0.1) is 13.8 Å². The summed E-state index contributed by atoms with van der Waals surface area (Å²) >= 11 is 6.35. The van der Waals surface area contributed by atoms with Crippen LogP contribution in [-0.2, 0) is 11.3 Å². The molecule has 0 atom stereocenters. The van der Waals surface area contributed by atoms with Gasteiger partial charge in [-0.05, 0) is 37.6 Å². The van der Waals surface area contributed by atoms with Crippen LogP contribution in [0.15, 0.2) is 42.5 Å². The van der Waals surface area contributed by atoms with Crippen molar-refractivity contribution in [3.8, 4) is 5.75 Å². The number of aromatic hydroxyl groups is 1. The van der Waals surface area contributed by atoms with Gasteiger partial charge in [-0.1, -0.05) is 41.4 Å². The van der Waals surface area contributed by atoms with Gasteiger partial charge in [0.25, 0.3) is 0 Å². The Morgan fingerprint density at radius 3 is 2.75 bits per heavy atom. The molecule has 0 radical (unpaired) electrons. The molecule has 0 aliphatic carbocycles. The number of aryl methyl sites for hydroxylation is 2. The minimum Gasteiger partial charge on any atom is -0.507 e. The first-order valence-corrected chi connectivity index (χ1v) is 7.85. The van der Waals surface area contributed by atoms with Gasteiger partial charge in [0.15, 0.2) is 0 Å². The van der Waals surface area contributed by atoms with Crippen molar-refractivity contribution < 1.29 is 14.6 Å². The molecule has 0 aliphatic heterocycles. The number of esters is 1. The summed E-state index contributed by atoms with van der Waals surface area (Å²) in [5.74, 6) is -0.723. The maximum atomic E-state index is 12.2. The summed E-state index contributed by atoms with van der Waals surface area (Å²) in [5, 5.41) is 11.2. The molecule has 0 fully saturated rings. The zero-order valence-corrected chi connectivity index (χ0v) is 14.1. The quantitative estimate of drug-likeness (QED) is 0.709. The molecule has 2 aromatic carbocycles. The third-order valence-corrected chi connectivity index (χ3v) is 4.36. The molecule has 4 nitrogen and oxygen atoms in total. The van der Waals surface area contributed by atoms with E-state index in [4.69, 9.17) is 16.3 Å². The highest BCUT2D eigenvalue weighted by Gasteiger charge is 2.16. The van der Waals surface area contributed by atoms with Crippen LogP contribution in [0.5, 0.6) is 5.75 Å². The zero-order valence-electron chi connectivity index (χ0n) is 13.3. The first-order chi connectivity index (χ1) is 11.5. The smallest absolute Gasteiger partial charge is 0.342 e. The number of halogens is 1. The number of ether oxygens (including phenoxy) is 1. The number of pyridine rings is 1. The summed E-state index contributed by atoms with van der Waals surface area (Å²) in [6.45, 7) is 3.68. The number of phenols is 1. The third kappa shape index (κ3) is 3.05.